The van der Waals surface area contributed by atoms with E-state index < -0.39 is 0 Å². The topological polar surface area (TPSA) is 3.24 Å². The second-order valence-electron chi connectivity index (χ2n) is 11.7. The second-order valence-corrected chi connectivity index (χ2v) is 11.7. The Labute approximate surface area is 264 Å². The van der Waals surface area contributed by atoms with Crippen molar-refractivity contribution in [2.24, 2.45) is 0 Å². The molecule has 3 aromatic rings. The molecule has 1 unspecified atom stereocenters. The zero-order valence-electron chi connectivity index (χ0n) is 26.2. The third kappa shape index (κ3) is 13.2. The summed E-state index contributed by atoms with van der Waals surface area (Å²) in [5, 5.41) is 0. The van der Waals surface area contributed by atoms with Crippen LogP contribution in [0.5, 0.6) is 0 Å². The molecule has 0 saturated carbocycles. The van der Waals surface area contributed by atoms with Gasteiger partial charge in [0.15, 0.2) is 0 Å². The minimum absolute atomic E-state index is 0. The zero-order valence-corrected chi connectivity index (χ0v) is 27.3. The fourth-order valence-corrected chi connectivity index (χ4v) is 6.08. The van der Waals surface area contributed by atoms with Gasteiger partial charge >= 0.3 is 17.1 Å². The van der Waals surface area contributed by atoms with Gasteiger partial charge in [-0.05, 0) is 30.0 Å². The quantitative estimate of drug-likeness (QED) is 0.0713. The van der Waals surface area contributed by atoms with E-state index >= 15 is 0 Å². The van der Waals surface area contributed by atoms with Crippen LogP contribution in [-0.4, -0.2) is 18.0 Å². The molecule has 1 atom stereocenters. The molecule has 1 nitrogen and oxygen atoms in total. The Morgan fingerprint density at radius 1 is 0.585 bits per heavy atom. The zero-order chi connectivity index (χ0) is 28.1. The van der Waals surface area contributed by atoms with Gasteiger partial charge in [-0.1, -0.05) is 128 Å². The SMILES string of the molecule is CCCCCCCCCCN(CCCCCCCCCC)C1=Cc2ccccc2C1c1ccc[cH-]1.[Fe+2].c1cc[cH-]c1. The molecule has 0 fully saturated rings. The Morgan fingerprint density at radius 3 is 1.61 bits per heavy atom. The minimum atomic E-state index is 0. The number of hydrogen-bond acceptors (Lipinski definition) is 1. The van der Waals surface area contributed by atoms with Gasteiger partial charge in [-0.3, -0.25) is 0 Å². The van der Waals surface area contributed by atoms with E-state index in [0.717, 1.165) is 0 Å². The van der Waals surface area contributed by atoms with Crippen molar-refractivity contribution >= 4 is 6.08 Å². The summed E-state index contributed by atoms with van der Waals surface area (Å²) in [7, 11) is 0. The van der Waals surface area contributed by atoms with Gasteiger partial charge in [0.1, 0.15) is 0 Å². The van der Waals surface area contributed by atoms with Crippen LogP contribution in [0, 0.1) is 0 Å². The van der Waals surface area contributed by atoms with Crippen molar-refractivity contribution < 1.29 is 17.1 Å². The molecule has 0 N–H and O–H groups in total. The van der Waals surface area contributed by atoms with Crippen molar-refractivity contribution in [3.63, 3.8) is 0 Å². The molecule has 0 aliphatic heterocycles. The molecule has 0 bridgehead atoms. The van der Waals surface area contributed by atoms with Gasteiger partial charge in [-0.2, -0.15) is 35.9 Å². The number of allylic oxidation sites excluding steroid dienone is 1. The van der Waals surface area contributed by atoms with Crippen LogP contribution in [-0.2, 0) is 17.1 Å². The maximum Gasteiger partial charge on any atom is 2.00 e. The molecule has 0 heterocycles. The van der Waals surface area contributed by atoms with Crippen LogP contribution < -0.4 is 0 Å². The predicted molar refractivity (Wildman–Crippen MR) is 177 cm³/mol. The molecular formula is C39H57FeN. The molecule has 1 aliphatic carbocycles. The summed E-state index contributed by atoms with van der Waals surface area (Å²) >= 11 is 0. The van der Waals surface area contributed by atoms with Gasteiger partial charge in [-0.15, -0.1) is 0 Å². The summed E-state index contributed by atoms with van der Waals surface area (Å²) in [6, 6.07) is 28.1. The monoisotopic (exact) mass is 595 g/mol. The summed E-state index contributed by atoms with van der Waals surface area (Å²) < 4.78 is 0. The van der Waals surface area contributed by atoms with Crippen LogP contribution in [0.2, 0.25) is 0 Å². The van der Waals surface area contributed by atoms with Gasteiger partial charge in [-0.25, -0.2) is 24.3 Å². The molecule has 2 heteroatoms. The van der Waals surface area contributed by atoms with Crippen molar-refractivity contribution in [1.29, 1.82) is 0 Å². The van der Waals surface area contributed by atoms with Crippen LogP contribution in [0.4, 0.5) is 0 Å². The standard InChI is InChI=1S/C34H52N.C5H5.Fe/c1-3-5-7-9-11-13-15-21-27-35(28-22-16-14-12-10-8-6-4-2)33-29-31-25-19-20-26-32(31)34(33)30-23-17-18-24-30;1-2-4-5-3-1;/h17-20,23-26,29,34H,3-16,21-22,27-28H2,1-2H3;1-5H;/q2*-1;+2. The van der Waals surface area contributed by atoms with E-state index in [9.17, 15) is 0 Å². The Balaban J connectivity index is 0.000000883. The molecule has 0 amide bonds. The Morgan fingerprint density at radius 2 is 1.12 bits per heavy atom. The third-order valence-electron chi connectivity index (χ3n) is 8.41. The number of unbranched alkanes of at least 4 members (excludes halogenated alkanes) is 14. The average molecular weight is 596 g/mol. The van der Waals surface area contributed by atoms with E-state index in [0.29, 0.717) is 5.92 Å². The van der Waals surface area contributed by atoms with Crippen molar-refractivity contribution in [3.8, 4) is 0 Å². The van der Waals surface area contributed by atoms with Gasteiger partial charge in [0.25, 0.3) is 0 Å². The number of rotatable bonds is 20. The summed E-state index contributed by atoms with van der Waals surface area (Å²) in [6.45, 7) is 7.03. The van der Waals surface area contributed by atoms with E-state index in [1.165, 1.54) is 133 Å². The van der Waals surface area contributed by atoms with Crippen LogP contribution in [0.1, 0.15) is 139 Å². The van der Waals surface area contributed by atoms with Gasteiger partial charge < -0.3 is 4.90 Å². The Bertz CT molecular complexity index is 963. The molecule has 0 radical (unpaired) electrons. The second kappa shape index (κ2) is 22.6. The van der Waals surface area contributed by atoms with Gasteiger partial charge in [0.05, 0.1) is 0 Å². The number of benzene rings is 1. The van der Waals surface area contributed by atoms with Gasteiger partial charge in [0.2, 0.25) is 0 Å². The fraction of sp³-hybridized carbons (Fsp3) is 0.538. The maximum atomic E-state index is 2.77. The molecule has 0 spiro atoms. The van der Waals surface area contributed by atoms with Crippen LogP contribution in [0.15, 0.2) is 84.6 Å². The predicted octanol–water partition coefficient (Wildman–Crippen LogP) is 11.9. The van der Waals surface area contributed by atoms with Crippen molar-refractivity contribution in [2.75, 3.05) is 13.1 Å². The summed E-state index contributed by atoms with van der Waals surface area (Å²) in [6.07, 6.45) is 24.8. The third-order valence-corrected chi connectivity index (χ3v) is 8.41. The molecule has 41 heavy (non-hydrogen) atoms. The summed E-state index contributed by atoms with van der Waals surface area (Å²) in [4.78, 5) is 2.77. The van der Waals surface area contributed by atoms with E-state index in [4.69, 9.17) is 0 Å². The van der Waals surface area contributed by atoms with Crippen molar-refractivity contribution in [2.45, 2.75) is 122 Å². The number of hydrogen-bond donors (Lipinski definition) is 0. The Hall–Kier alpha value is -2.02. The largest absolute Gasteiger partial charge is 2.00 e. The van der Waals surface area contributed by atoms with Crippen molar-refractivity contribution in [3.05, 3.63) is 101 Å². The molecule has 226 valence electrons. The first kappa shape index (κ1) is 35.2. The maximum absolute atomic E-state index is 2.77. The van der Waals surface area contributed by atoms with E-state index in [2.05, 4.69) is 73.4 Å². The van der Waals surface area contributed by atoms with Gasteiger partial charge in [0, 0.05) is 24.7 Å². The van der Waals surface area contributed by atoms with Crippen LogP contribution in [0.25, 0.3) is 6.08 Å². The first-order chi connectivity index (χ1) is 19.8. The first-order valence-electron chi connectivity index (χ1n) is 16.8. The summed E-state index contributed by atoms with van der Waals surface area (Å²) in [5.41, 5.74) is 5.91. The molecule has 3 aromatic carbocycles. The number of nitrogens with zero attached hydrogens (tertiary/aromatic N) is 1. The average Bonchev–Trinajstić information content (AvgIpc) is 3.77. The molecule has 1 aliphatic rings. The van der Waals surface area contributed by atoms with Crippen LogP contribution in [0.3, 0.4) is 0 Å². The van der Waals surface area contributed by atoms with E-state index in [1.807, 2.05) is 30.3 Å². The van der Waals surface area contributed by atoms with Crippen LogP contribution >= 0.6 is 0 Å². The molecular weight excluding hydrogens is 538 g/mol. The Kier molecular flexibility index (Phi) is 19.4. The fourth-order valence-electron chi connectivity index (χ4n) is 6.08. The smallest absolute Gasteiger partial charge is 0.374 e. The molecule has 4 rings (SSSR count). The van der Waals surface area contributed by atoms with E-state index in [-0.39, 0.29) is 17.1 Å². The number of fused-ring (bicyclic) bond motifs is 1. The van der Waals surface area contributed by atoms with E-state index in [1.54, 1.807) is 5.70 Å². The minimum Gasteiger partial charge on any atom is -0.374 e. The first-order valence-corrected chi connectivity index (χ1v) is 16.8. The normalized spacial score (nSPS) is 13.6. The summed E-state index contributed by atoms with van der Waals surface area (Å²) in [5.74, 6) is 0.407. The molecule has 0 aromatic heterocycles. The van der Waals surface area contributed by atoms with Crippen molar-refractivity contribution in [1.82, 2.24) is 4.90 Å². The molecule has 0 saturated heterocycles.